The van der Waals surface area contributed by atoms with Gasteiger partial charge in [0.05, 0.1) is 12.6 Å². The molecule has 0 amide bonds. The molecule has 0 atom stereocenters. The maximum absolute atomic E-state index is 10.6. The molecule has 0 saturated heterocycles. The van der Waals surface area contributed by atoms with E-state index in [2.05, 4.69) is 9.97 Å². The molecule has 1 aromatic carbocycles. The van der Waals surface area contributed by atoms with Crippen LogP contribution in [0.5, 0.6) is 5.75 Å². The number of rotatable bonds is 3. The van der Waals surface area contributed by atoms with E-state index in [1.165, 1.54) is 13.4 Å². The van der Waals surface area contributed by atoms with Crippen molar-refractivity contribution >= 4 is 28.5 Å². The molecular weight excluding hydrogens is 244 g/mol. The molecule has 6 heteroatoms. The Morgan fingerprint density at radius 3 is 2.88 bits per heavy atom. The molecule has 0 unspecified atom stereocenters. The Hall–Kier alpha value is -1.88. The summed E-state index contributed by atoms with van der Waals surface area (Å²) >= 11 is 5.91. The van der Waals surface area contributed by atoms with Gasteiger partial charge in [-0.25, -0.2) is 9.97 Å². The molecule has 5 nitrogen and oxygen atoms in total. The molecule has 0 aliphatic carbocycles. The van der Waals surface area contributed by atoms with Crippen LogP contribution >= 0.6 is 11.6 Å². The van der Waals surface area contributed by atoms with Crippen molar-refractivity contribution in [1.29, 1.82) is 0 Å². The Morgan fingerprint density at radius 1 is 1.47 bits per heavy atom. The number of benzene rings is 1. The van der Waals surface area contributed by atoms with Crippen LogP contribution in [-0.4, -0.2) is 23.0 Å². The molecule has 0 spiro atoms. The van der Waals surface area contributed by atoms with Crippen molar-refractivity contribution < 1.29 is 14.6 Å². The molecule has 1 aromatic heterocycles. The Kier molecular flexibility index (Phi) is 3.10. The van der Waals surface area contributed by atoms with E-state index in [9.17, 15) is 9.90 Å². The molecule has 0 N–H and O–H groups in total. The number of aliphatic carboxylic acids is 1. The van der Waals surface area contributed by atoms with E-state index in [0.29, 0.717) is 22.2 Å². The smallest absolute Gasteiger partial charge is 0.140 e. The monoisotopic (exact) mass is 251 g/mol. The molecule has 0 fully saturated rings. The number of halogens is 1. The fraction of sp³-hybridized carbons (Fsp3) is 0.182. The van der Waals surface area contributed by atoms with Gasteiger partial charge in [-0.3, -0.25) is 0 Å². The largest absolute Gasteiger partial charge is 0.550 e. The number of carbonyl (C=O) groups excluding carboxylic acids is 1. The standard InChI is InChI=1S/C11H9ClN2O3/c1-17-9-4-8-7(11(12)14-5-13-8)2-6(9)3-10(15)16/h2,4-5H,3H2,1H3,(H,15,16)/p-1. The summed E-state index contributed by atoms with van der Waals surface area (Å²) in [5, 5.41) is 11.5. The molecule has 1 heterocycles. The van der Waals surface area contributed by atoms with Crippen molar-refractivity contribution in [3.05, 3.63) is 29.2 Å². The van der Waals surface area contributed by atoms with Crippen LogP contribution in [0.3, 0.4) is 0 Å². The van der Waals surface area contributed by atoms with Gasteiger partial charge in [-0.05, 0) is 6.07 Å². The van der Waals surface area contributed by atoms with Crippen LogP contribution in [-0.2, 0) is 11.2 Å². The number of carbonyl (C=O) groups is 1. The lowest BCUT2D eigenvalue weighted by molar-refractivity contribution is -0.304. The van der Waals surface area contributed by atoms with Crippen LogP contribution < -0.4 is 9.84 Å². The first-order valence-electron chi connectivity index (χ1n) is 4.79. The lowest BCUT2D eigenvalue weighted by Gasteiger charge is -2.10. The Bertz CT molecular complexity index is 586. The summed E-state index contributed by atoms with van der Waals surface area (Å²) in [6, 6.07) is 3.23. The highest BCUT2D eigenvalue weighted by molar-refractivity contribution is 6.34. The third-order valence-corrected chi connectivity index (χ3v) is 2.62. The molecule has 0 saturated carbocycles. The van der Waals surface area contributed by atoms with E-state index in [0.717, 1.165) is 0 Å². The summed E-state index contributed by atoms with van der Waals surface area (Å²) in [6.07, 6.45) is 1.09. The lowest BCUT2D eigenvalue weighted by atomic mass is 10.1. The van der Waals surface area contributed by atoms with Crippen LogP contribution in [0, 0.1) is 0 Å². The first kappa shape index (κ1) is 11.6. The van der Waals surface area contributed by atoms with Gasteiger partial charge in [0.15, 0.2) is 0 Å². The van der Waals surface area contributed by atoms with E-state index in [-0.39, 0.29) is 11.6 Å². The summed E-state index contributed by atoms with van der Waals surface area (Å²) < 4.78 is 5.10. The van der Waals surface area contributed by atoms with Crippen LogP contribution in [0.15, 0.2) is 18.5 Å². The third kappa shape index (κ3) is 2.29. The van der Waals surface area contributed by atoms with E-state index in [1.54, 1.807) is 12.1 Å². The van der Waals surface area contributed by atoms with Crippen molar-refractivity contribution in [1.82, 2.24) is 9.97 Å². The highest BCUT2D eigenvalue weighted by Crippen LogP contribution is 2.28. The van der Waals surface area contributed by atoms with Crippen LogP contribution in [0.4, 0.5) is 0 Å². The van der Waals surface area contributed by atoms with Crippen molar-refractivity contribution in [2.75, 3.05) is 7.11 Å². The quantitative estimate of drug-likeness (QED) is 0.746. The second-order valence-electron chi connectivity index (χ2n) is 3.39. The summed E-state index contributed by atoms with van der Waals surface area (Å²) in [7, 11) is 1.46. The molecule has 17 heavy (non-hydrogen) atoms. The summed E-state index contributed by atoms with van der Waals surface area (Å²) in [5.74, 6) is -0.743. The van der Waals surface area contributed by atoms with E-state index in [4.69, 9.17) is 16.3 Å². The van der Waals surface area contributed by atoms with E-state index >= 15 is 0 Å². The molecule has 0 radical (unpaired) electrons. The fourth-order valence-corrected chi connectivity index (χ4v) is 1.78. The fourth-order valence-electron chi connectivity index (χ4n) is 1.58. The first-order chi connectivity index (χ1) is 8.11. The number of methoxy groups -OCH3 is 1. The van der Waals surface area contributed by atoms with E-state index < -0.39 is 5.97 Å². The maximum atomic E-state index is 10.6. The predicted molar refractivity (Wildman–Crippen MR) is 59.8 cm³/mol. The molecule has 0 aliphatic rings. The van der Waals surface area contributed by atoms with Crippen LogP contribution in [0.25, 0.3) is 10.9 Å². The Labute approximate surface area is 102 Å². The van der Waals surface area contributed by atoms with Gasteiger partial charge in [0.25, 0.3) is 0 Å². The zero-order chi connectivity index (χ0) is 12.4. The molecule has 2 aromatic rings. The van der Waals surface area contributed by atoms with Gasteiger partial charge in [0, 0.05) is 29.4 Å². The summed E-state index contributed by atoms with van der Waals surface area (Å²) in [5.41, 5.74) is 1.08. The minimum absolute atomic E-state index is 0.246. The number of hydrogen-bond donors (Lipinski definition) is 0. The van der Waals surface area contributed by atoms with E-state index in [1.807, 2.05) is 0 Å². The highest BCUT2D eigenvalue weighted by atomic mass is 35.5. The van der Waals surface area contributed by atoms with Gasteiger partial charge < -0.3 is 14.6 Å². The highest BCUT2D eigenvalue weighted by Gasteiger charge is 2.09. The Morgan fingerprint density at radius 2 is 2.24 bits per heavy atom. The molecule has 88 valence electrons. The van der Waals surface area contributed by atoms with Crippen molar-refractivity contribution in [2.45, 2.75) is 6.42 Å². The van der Waals surface area contributed by atoms with Gasteiger partial charge in [-0.15, -0.1) is 0 Å². The molecule has 0 aliphatic heterocycles. The molecule has 0 bridgehead atoms. The lowest BCUT2D eigenvalue weighted by Crippen LogP contribution is -2.24. The predicted octanol–water partition coefficient (Wildman–Crippen LogP) is 0.584. The number of ether oxygens (including phenoxy) is 1. The number of hydrogen-bond acceptors (Lipinski definition) is 5. The van der Waals surface area contributed by atoms with Crippen molar-refractivity contribution in [2.24, 2.45) is 0 Å². The maximum Gasteiger partial charge on any atom is 0.140 e. The zero-order valence-corrected chi connectivity index (χ0v) is 9.69. The number of carboxylic acids is 1. The zero-order valence-electron chi connectivity index (χ0n) is 8.94. The second kappa shape index (κ2) is 4.55. The third-order valence-electron chi connectivity index (χ3n) is 2.32. The topological polar surface area (TPSA) is 75.1 Å². The van der Waals surface area contributed by atoms with Crippen LogP contribution in [0.2, 0.25) is 5.15 Å². The van der Waals surface area contributed by atoms with Gasteiger partial charge in [-0.2, -0.15) is 0 Å². The SMILES string of the molecule is COc1cc2ncnc(Cl)c2cc1CC(=O)[O-]. The average molecular weight is 252 g/mol. The normalized spacial score (nSPS) is 10.5. The van der Waals surface area contributed by atoms with Crippen molar-refractivity contribution in [3.63, 3.8) is 0 Å². The van der Waals surface area contributed by atoms with Gasteiger partial charge >= 0.3 is 0 Å². The minimum Gasteiger partial charge on any atom is -0.550 e. The Balaban J connectivity index is 2.65. The van der Waals surface area contributed by atoms with Gasteiger partial charge in [0.2, 0.25) is 0 Å². The second-order valence-corrected chi connectivity index (χ2v) is 3.75. The number of nitrogens with zero attached hydrogens (tertiary/aromatic N) is 2. The molecule has 2 rings (SSSR count). The first-order valence-corrected chi connectivity index (χ1v) is 5.16. The number of fused-ring (bicyclic) bond motifs is 1. The molecular formula is C11H8ClN2O3-. The van der Waals surface area contributed by atoms with Gasteiger partial charge in [-0.1, -0.05) is 11.6 Å². The van der Waals surface area contributed by atoms with Crippen molar-refractivity contribution in [3.8, 4) is 5.75 Å². The number of carboxylic acid groups (broad SMARTS) is 1. The summed E-state index contributed by atoms with van der Waals surface area (Å²) in [4.78, 5) is 18.5. The van der Waals surface area contributed by atoms with Gasteiger partial charge in [0.1, 0.15) is 17.2 Å². The van der Waals surface area contributed by atoms with Crippen LogP contribution in [0.1, 0.15) is 5.56 Å². The number of aromatic nitrogens is 2. The average Bonchev–Trinajstić information content (AvgIpc) is 2.29. The minimum atomic E-state index is -1.18. The summed E-state index contributed by atoms with van der Waals surface area (Å²) in [6.45, 7) is 0.